The van der Waals surface area contributed by atoms with Gasteiger partial charge in [0.15, 0.2) is 0 Å². The molecule has 0 saturated carbocycles. The van der Waals surface area contributed by atoms with Crippen LogP contribution in [-0.2, 0) is 35.4 Å². The molecule has 3 aromatic rings. The average Bonchev–Trinajstić information content (AvgIpc) is 3.33. The van der Waals surface area contributed by atoms with Crippen molar-refractivity contribution in [2.45, 2.75) is 39.8 Å². The van der Waals surface area contributed by atoms with Gasteiger partial charge in [0.2, 0.25) is 0 Å². The number of fused-ring (bicyclic) bond motifs is 3. The molecule has 34 heavy (non-hydrogen) atoms. The molecular formula is C24H27F3N4O3. The smallest absolute Gasteiger partial charge is 0.383 e. The molecule has 0 bridgehead atoms. The summed E-state index contributed by atoms with van der Waals surface area (Å²) in [4.78, 5) is 23.0. The van der Waals surface area contributed by atoms with Gasteiger partial charge in [-0.1, -0.05) is 13.8 Å². The molecule has 1 aliphatic heterocycles. The number of carbonyl (C=O) groups excluding carboxylic acids is 1. The van der Waals surface area contributed by atoms with E-state index in [0.717, 1.165) is 28.8 Å². The maximum Gasteiger partial charge on any atom is 0.417 e. The topological polar surface area (TPSA) is 90.6 Å². The Balaban J connectivity index is 0.00000158. The fraction of sp³-hybridized carbons (Fsp3) is 0.375. The molecule has 0 spiro atoms. The number of rotatable bonds is 6. The van der Waals surface area contributed by atoms with Crippen molar-refractivity contribution in [3.8, 4) is 0 Å². The maximum atomic E-state index is 13.3. The number of amides is 1. The van der Waals surface area contributed by atoms with Gasteiger partial charge < -0.3 is 20.1 Å². The molecule has 0 radical (unpaired) electrons. The second-order valence-electron chi connectivity index (χ2n) is 7.43. The van der Waals surface area contributed by atoms with E-state index < -0.39 is 11.7 Å². The molecule has 2 aromatic heterocycles. The molecule has 0 unspecified atom stereocenters. The van der Waals surface area contributed by atoms with E-state index in [0.29, 0.717) is 35.8 Å². The van der Waals surface area contributed by atoms with E-state index in [4.69, 9.17) is 15.2 Å². The van der Waals surface area contributed by atoms with Crippen LogP contribution in [0.15, 0.2) is 36.5 Å². The number of pyridine rings is 2. The first kappa shape index (κ1) is 25.4. The van der Waals surface area contributed by atoms with Crippen molar-refractivity contribution in [2.24, 2.45) is 0 Å². The number of halogens is 3. The molecule has 10 heteroatoms. The van der Waals surface area contributed by atoms with E-state index in [9.17, 15) is 18.0 Å². The van der Waals surface area contributed by atoms with Crippen LogP contribution in [0.3, 0.4) is 0 Å². The normalized spacial score (nSPS) is 12.8. The summed E-state index contributed by atoms with van der Waals surface area (Å²) < 4.78 is 49.0. The Hall–Kier alpha value is -3.24. The summed E-state index contributed by atoms with van der Waals surface area (Å²) in [6.45, 7) is 5.32. The van der Waals surface area contributed by atoms with Gasteiger partial charge in [0.1, 0.15) is 5.82 Å². The number of hydrogen-bond acceptors (Lipinski definition) is 6. The Morgan fingerprint density at radius 3 is 2.56 bits per heavy atom. The Morgan fingerprint density at radius 1 is 1.18 bits per heavy atom. The first-order chi connectivity index (χ1) is 16.3. The zero-order chi connectivity index (χ0) is 24.9. The zero-order valence-corrected chi connectivity index (χ0v) is 19.3. The minimum absolute atomic E-state index is 0.0412. The summed E-state index contributed by atoms with van der Waals surface area (Å²) >= 11 is 0. The number of alkyl halides is 3. The lowest BCUT2D eigenvalue weighted by Crippen LogP contribution is -2.33. The summed E-state index contributed by atoms with van der Waals surface area (Å²) in [6, 6.07) is 7.35. The third kappa shape index (κ3) is 5.45. The van der Waals surface area contributed by atoms with Gasteiger partial charge >= 0.3 is 6.18 Å². The number of anilines is 1. The highest BCUT2D eigenvalue weighted by Crippen LogP contribution is 2.32. The zero-order valence-electron chi connectivity index (χ0n) is 19.3. The van der Waals surface area contributed by atoms with E-state index in [2.05, 4.69) is 9.97 Å². The number of benzene rings is 1. The molecule has 7 nitrogen and oxygen atoms in total. The van der Waals surface area contributed by atoms with Gasteiger partial charge in [-0.05, 0) is 35.9 Å². The summed E-state index contributed by atoms with van der Waals surface area (Å²) in [5, 5.41) is 0.789. The van der Waals surface area contributed by atoms with Gasteiger partial charge in [0.25, 0.3) is 5.91 Å². The number of nitrogen functional groups attached to an aromatic ring is 1. The van der Waals surface area contributed by atoms with Crippen LogP contribution in [0, 0.1) is 0 Å². The van der Waals surface area contributed by atoms with Gasteiger partial charge in [-0.3, -0.25) is 9.78 Å². The fourth-order valence-corrected chi connectivity index (χ4v) is 3.62. The third-order valence-electron chi connectivity index (χ3n) is 5.33. The highest BCUT2D eigenvalue weighted by Gasteiger charge is 2.31. The molecule has 3 heterocycles. The van der Waals surface area contributed by atoms with Crippen LogP contribution in [0.2, 0.25) is 0 Å². The quantitative estimate of drug-likeness (QED) is 0.560. The third-order valence-corrected chi connectivity index (χ3v) is 5.33. The van der Waals surface area contributed by atoms with Crippen molar-refractivity contribution in [1.29, 1.82) is 0 Å². The summed E-state index contributed by atoms with van der Waals surface area (Å²) in [5.74, 6) is 0.120. The second-order valence-corrected chi connectivity index (χ2v) is 7.43. The van der Waals surface area contributed by atoms with Gasteiger partial charge in [-0.15, -0.1) is 0 Å². The Labute approximate surface area is 195 Å². The highest BCUT2D eigenvalue weighted by molar-refractivity contribution is 5.99. The molecule has 2 N–H and O–H groups in total. The van der Waals surface area contributed by atoms with Crippen LogP contribution in [0.4, 0.5) is 19.0 Å². The molecule has 4 rings (SSSR count). The lowest BCUT2D eigenvalue weighted by Gasteiger charge is -2.22. The number of hydrogen-bond donors (Lipinski definition) is 1. The number of carbonyl (C=O) groups is 1. The van der Waals surface area contributed by atoms with E-state index in [1.54, 1.807) is 18.2 Å². The Morgan fingerprint density at radius 2 is 1.91 bits per heavy atom. The molecule has 1 amide bonds. The molecule has 0 aliphatic carbocycles. The predicted molar refractivity (Wildman–Crippen MR) is 122 cm³/mol. The van der Waals surface area contributed by atoms with Crippen molar-refractivity contribution in [3.05, 3.63) is 64.5 Å². The van der Waals surface area contributed by atoms with Crippen molar-refractivity contribution in [2.75, 3.05) is 26.0 Å². The van der Waals surface area contributed by atoms with Crippen LogP contribution in [0.1, 0.15) is 46.6 Å². The monoisotopic (exact) mass is 476 g/mol. The summed E-state index contributed by atoms with van der Waals surface area (Å²) in [7, 11) is 1.51. The van der Waals surface area contributed by atoms with Crippen LogP contribution < -0.4 is 5.73 Å². The average molecular weight is 476 g/mol. The van der Waals surface area contributed by atoms with Crippen LogP contribution in [0.25, 0.3) is 10.9 Å². The minimum atomic E-state index is -4.47. The first-order valence-electron chi connectivity index (χ1n) is 10.9. The van der Waals surface area contributed by atoms with Crippen molar-refractivity contribution >= 4 is 22.6 Å². The molecule has 1 aromatic carbocycles. The summed E-state index contributed by atoms with van der Waals surface area (Å²) in [6.07, 6.45) is -3.70. The molecule has 182 valence electrons. The fourth-order valence-electron chi connectivity index (χ4n) is 3.62. The number of ether oxygens (including phenoxy) is 2. The van der Waals surface area contributed by atoms with E-state index in [1.165, 1.54) is 18.1 Å². The van der Waals surface area contributed by atoms with Gasteiger partial charge in [0, 0.05) is 36.4 Å². The van der Waals surface area contributed by atoms with Gasteiger partial charge in [-0.2, -0.15) is 13.2 Å². The number of aromatic nitrogens is 2. The molecular weight excluding hydrogens is 449 g/mol. The molecule has 0 saturated heterocycles. The van der Waals surface area contributed by atoms with E-state index >= 15 is 0 Å². The molecule has 0 atom stereocenters. The Kier molecular flexibility index (Phi) is 8.06. The first-order valence-corrected chi connectivity index (χ1v) is 10.9. The highest BCUT2D eigenvalue weighted by atomic mass is 19.4. The SMILES string of the molecule is CC.COCCN(Cc1ccc(C(F)(F)F)cn1)C(=O)c1ccc2nc(N)c3c(c2c1)COC3. The standard InChI is InChI=1S/C22H21F3N4O3.C2H6/c1-31-7-6-29(10-15-4-3-14(9-27-15)22(23,24)25)21(30)13-2-5-19-16(8-13)17-11-32-12-18(17)20(26)28-19;1-2/h2-5,8-9H,6-7,10-12H2,1H3,(H2,26,28);1-2H3. The molecule has 1 aliphatic rings. The van der Waals surface area contributed by atoms with Crippen LogP contribution >= 0.6 is 0 Å². The van der Waals surface area contributed by atoms with E-state index in [-0.39, 0.29) is 25.6 Å². The maximum absolute atomic E-state index is 13.3. The number of methoxy groups -OCH3 is 1. The largest absolute Gasteiger partial charge is 0.417 e. The minimum Gasteiger partial charge on any atom is -0.383 e. The van der Waals surface area contributed by atoms with Crippen LogP contribution in [-0.4, -0.2) is 41.0 Å². The van der Waals surface area contributed by atoms with Gasteiger partial charge in [0.05, 0.1) is 43.1 Å². The lowest BCUT2D eigenvalue weighted by molar-refractivity contribution is -0.137. The van der Waals surface area contributed by atoms with Gasteiger partial charge in [-0.25, -0.2) is 4.98 Å². The van der Waals surface area contributed by atoms with Crippen molar-refractivity contribution < 1.29 is 27.4 Å². The summed E-state index contributed by atoms with van der Waals surface area (Å²) in [5.41, 5.74) is 8.32. The number of nitrogens with zero attached hydrogens (tertiary/aromatic N) is 3. The van der Waals surface area contributed by atoms with Crippen LogP contribution in [0.5, 0.6) is 0 Å². The lowest BCUT2D eigenvalue weighted by atomic mass is 10.0. The van der Waals surface area contributed by atoms with Crippen molar-refractivity contribution in [1.82, 2.24) is 14.9 Å². The Bertz CT molecular complexity index is 1150. The predicted octanol–water partition coefficient (Wildman–Crippen LogP) is 4.58. The van der Waals surface area contributed by atoms with Crippen molar-refractivity contribution in [3.63, 3.8) is 0 Å². The number of nitrogens with two attached hydrogens (primary N) is 1. The molecule has 0 fully saturated rings. The van der Waals surface area contributed by atoms with E-state index in [1.807, 2.05) is 13.8 Å². The second kappa shape index (κ2) is 10.8.